The lowest BCUT2D eigenvalue weighted by molar-refractivity contribution is -0.161. The lowest BCUT2D eigenvalue weighted by Crippen LogP contribution is -2.30. The van der Waals surface area contributed by atoms with E-state index in [1.54, 1.807) is 0 Å². The predicted molar refractivity (Wildman–Crippen MR) is 460 cm³/mol. The van der Waals surface area contributed by atoms with Crippen molar-refractivity contribution in [3.05, 3.63) is 0 Å². The molecular formula is C92H180O17P2. The Kier molecular flexibility index (Phi) is 83.0. The van der Waals surface area contributed by atoms with E-state index in [0.717, 1.165) is 95.8 Å². The number of aliphatic hydroxyl groups excluding tert-OH is 1. The van der Waals surface area contributed by atoms with E-state index in [4.69, 9.17) is 37.0 Å². The number of rotatable bonds is 92. The van der Waals surface area contributed by atoms with Gasteiger partial charge in [0.1, 0.15) is 19.3 Å². The zero-order valence-corrected chi connectivity index (χ0v) is 74.9. The van der Waals surface area contributed by atoms with Crippen LogP contribution in [0.5, 0.6) is 0 Å². The van der Waals surface area contributed by atoms with Crippen molar-refractivity contribution >= 4 is 39.5 Å². The summed E-state index contributed by atoms with van der Waals surface area (Å²) in [5.41, 5.74) is 0. The molecule has 0 aliphatic heterocycles. The smallest absolute Gasteiger partial charge is 0.462 e. The molecule has 0 aliphatic carbocycles. The van der Waals surface area contributed by atoms with Crippen molar-refractivity contribution in [2.45, 2.75) is 522 Å². The molecule has 0 saturated carbocycles. The van der Waals surface area contributed by atoms with Gasteiger partial charge in [0, 0.05) is 25.7 Å². The third kappa shape index (κ3) is 85.8. The predicted octanol–water partition coefficient (Wildman–Crippen LogP) is 28.7. The number of esters is 4. The van der Waals surface area contributed by atoms with Gasteiger partial charge in [0.2, 0.25) is 0 Å². The summed E-state index contributed by atoms with van der Waals surface area (Å²) < 4.78 is 69.1. The second-order valence-electron chi connectivity index (χ2n) is 33.5. The van der Waals surface area contributed by atoms with Crippen LogP contribution >= 0.6 is 15.6 Å². The van der Waals surface area contributed by atoms with Crippen LogP contribution in [0.2, 0.25) is 0 Å². The molecule has 0 bridgehead atoms. The Labute approximate surface area is 683 Å². The maximum absolute atomic E-state index is 13.2. The van der Waals surface area contributed by atoms with Crippen molar-refractivity contribution in [3.8, 4) is 0 Å². The minimum atomic E-state index is -4.97. The van der Waals surface area contributed by atoms with Crippen molar-refractivity contribution in [3.63, 3.8) is 0 Å². The van der Waals surface area contributed by atoms with E-state index in [2.05, 4.69) is 34.6 Å². The lowest BCUT2D eigenvalue weighted by Gasteiger charge is -2.21. The first-order valence-electron chi connectivity index (χ1n) is 47.6. The standard InChI is InChI=1S/C92H180O17P2/c1-6-9-12-15-18-21-24-27-30-33-36-38-41-44-47-50-53-56-63-68-72-77-91(96)108-87(81-102-89(94)75-70-65-60-54-51-48-45-42-40-37-34-31-28-25-22-19-16-13-10-7-2)83-106-110(98,99)104-79-86(93)80-105-111(100,101)107-84-88(82-103-90(95)76-71-66-61-58-57-59-64-69-74-85(4)5)109-92(97)78-73-67-62-55-52-49-46-43-39-35-32-29-26-23-20-17-14-11-8-3/h85-88,93H,6-84H2,1-5H3,(H,98,99)(H,100,101)/t86-,87-,88-/m1/s1. The Morgan fingerprint density at radius 3 is 0.613 bits per heavy atom. The molecule has 0 saturated heterocycles. The number of unbranched alkanes of at least 4 members (excludes halogenated alkanes) is 64. The van der Waals surface area contributed by atoms with Crippen molar-refractivity contribution < 1.29 is 80.2 Å². The van der Waals surface area contributed by atoms with Crippen molar-refractivity contribution in [1.29, 1.82) is 0 Å². The van der Waals surface area contributed by atoms with Gasteiger partial charge in [0.15, 0.2) is 12.2 Å². The molecule has 0 aromatic heterocycles. The highest BCUT2D eigenvalue weighted by Gasteiger charge is 2.31. The first kappa shape index (κ1) is 109. The Morgan fingerprint density at radius 1 is 0.243 bits per heavy atom. The van der Waals surface area contributed by atoms with E-state index in [9.17, 15) is 43.2 Å². The molecule has 17 nitrogen and oxygen atoms in total. The molecule has 0 rings (SSSR count). The molecule has 2 unspecified atom stereocenters. The van der Waals surface area contributed by atoms with E-state index in [0.29, 0.717) is 25.7 Å². The van der Waals surface area contributed by atoms with Crippen molar-refractivity contribution in [1.82, 2.24) is 0 Å². The van der Waals surface area contributed by atoms with Crippen LogP contribution in [0.1, 0.15) is 503 Å². The van der Waals surface area contributed by atoms with Gasteiger partial charge in [0.25, 0.3) is 0 Å². The molecule has 0 aromatic rings. The molecule has 0 radical (unpaired) electrons. The highest BCUT2D eigenvalue weighted by molar-refractivity contribution is 7.47. The fraction of sp³-hybridized carbons (Fsp3) is 0.957. The molecule has 111 heavy (non-hydrogen) atoms. The second-order valence-corrected chi connectivity index (χ2v) is 36.4. The first-order valence-corrected chi connectivity index (χ1v) is 50.6. The zero-order valence-electron chi connectivity index (χ0n) is 73.1. The van der Waals surface area contributed by atoms with Crippen LogP contribution in [0, 0.1) is 5.92 Å². The average Bonchev–Trinajstić information content (AvgIpc) is 0.900. The lowest BCUT2D eigenvalue weighted by atomic mass is 10.0. The molecular weight excluding hydrogens is 1440 g/mol. The van der Waals surface area contributed by atoms with Gasteiger partial charge in [-0.05, 0) is 31.6 Å². The van der Waals surface area contributed by atoms with Crippen LogP contribution in [0.25, 0.3) is 0 Å². The maximum atomic E-state index is 13.2. The van der Waals surface area contributed by atoms with Crippen LogP contribution in [0.3, 0.4) is 0 Å². The molecule has 5 atom stereocenters. The summed E-state index contributed by atoms with van der Waals surface area (Å²) in [6.45, 7) is 7.37. The monoisotopic (exact) mass is 1620 g/mol. The van der Waals surface area contributed by atoms with Gasteiger partial charge in [-0.2, -0.15) is 0 Å². The first-order chi connectivity index (χ1) is 54.0. The summed E-state index contributed by atoms with van der Waals surface area (Å²) in [7, 11) is -9.94. The van der Waals surface area contributed by atoms with Gasteiger partial charge in [-0.1, -0.05) is 452 Å². The van der Waals surface area contributed by atoms with E-state index in [1.807, 2.05) is 0 Å². The Bertz CT molecular complexity index is 2100. The molecule has 3 N–H and O–H groups in total. The zero-order chi connectivity index (χ0) is 81.1. The topological polar surface area (TPSA) is 237 Å². The van der Waals surface area contributed by atoms with Crippen LogP contribution in [0.15, 0.2) is 0 Å². The van der Waals surface area contributed by atoms with Gasteiger partial charge in [-0.3, -0.25) is 37.3 Å². The average molecular weight is 1620 g/mol. The summed E-state index contributed by atoms with van der Waals surface area (Å²) in [4.78, 5) is 73.4. The van der Waals surface area contributed by atoms with Gasteiger partial charge in [-0.25, -0.2) is 9.13 Å². The van der Waals surface area contributed by atoms with Gasteiger partial charge in [-0.15, -0.1) is 0 Å². The number of carbonyl (C=O) groups is 4. The van der Waals surface area contributed by atoms with E-state index in [1.165, 1.54) is 327 Å². The molecule has 19 heteroatoms. The molecule has 0 amide bonds. The molecule has 0 spiro atoms. The third-order valence-electron chi connectivity index (χ3n) is 21.8. The minimum Gasteiger partial charge on any atom is -0.462 e. The Hall–Kier alpha value is -1.94. The fourth-order valence-electron chi connectivity index (χ4n) is 14.5. The molecule has 0 heterocycles. The van der Waals surface area contributed by atoms with Crippen LogP contribution < -0.4 is 0 Å². The highest BCUT2D eigenvalue weighted by Crippen LogP contribution is 2.45. The summed E-state index contributed by atoms with van der Waals surface area (Å²) in [6, 6.07) is 0. The number of aliphatic hydroxyl groups is 1. The third-order valence-corrected chi connectivity index (χ3v) is 23.7. The SMILES string of the molecule is CCCCCCCCCCCCCCCCCCCCCCCC(=O)O[C@H](COC(=O)CCCCCCCCCCCCCCCCCCCCCC)COP(=O)(O)OC[C@@H](O)COP(=O)(O)OC[C@@H](COC(=O)CCCCCCCCCCC(C)C)OC(=O)CCCCCCCCCCCCCCCCCCCCC. The number of hydrogen-bond acceptors (Lipinski definition) is 15. The molecule has 0 aromatic carbocycles. The summed E-state index contributed by atoms with van der Waals surface area (Å²) >= 11 is 0. The van der Waals surface area contributed by atoms with Crippen LogP contribution in [-0.2, 0) is 65.4 Å². The largest absolute Gasteiger partial charge is 0.472 e. The molecule has 0 fully saturated rings. The highest BCUT2D eigenvalue weighted by atomic mass is 31.2. The Morgan fingerprint density at radius 2 is 0.414 bits per heavy atom. The fourth-order valence-corrected chi connectivity index (χ4v) is 16.1. The van der Waals surface area contributed by atoms with E-state index >= 15 is 0 Å². The van der Waals surface area contributed by atoms with Gasteiger partial charge < -0.3 is 33.8 Å². The van der Waals surface area contributed by atoms with Gasteiger partial charge >= 0.3 is 39.5 Å². The number of phosphoric ester groups is 2. The summed E-state index contributed by atoms with van der Waals surface area (Å²) in [5.74, 6) is -1.37. The number of phosphoric acid groups is 2. The van der Waals surface area contributed by atoms with E-state index < -0.39 is 97.5 Å². The Balaban J connectivity index is 5.23. The molecule has 0 aliphatic rings. The van der Waals surface area contributed by atoms with Crippen molar-refractivity contribution in [2.75, 3.05) is 39.6 Å². The second kappa shape index (κ2) is 84.5. The molecule has 660 valence electrons. The normalized spacial score (nSPS) is 13.7. The van der Waals surface area contributed by atoms with E-state index in [-0.39, 0.29) is 25.7 Å². The van der Waals surface area contributed by atoms with Crippen LogP contribution in [0.4, 0.5) is 0 Å². The summed E-state index contributed by atoms with van der Waals surface area (Å²) in [5, 5.41) is 10.7. The quantitative estimate of drug-likeness (QED) is 0.0222. The van der Waals surface area contributed by atoms with Crippen LogP contribution in [-0.4, -0.2) is 96.7 Å². The van der Waals surface area contributed by atoms with Gasteiger partial charge in [0.05, 0.1) is 26.4 Å². The summed E-state index contributed by atoms with van der Waals surface area (Å²) in [6.07, 6.45) is 80.8. The number of hydrogen-bond donors (Lipinski definition) is 3. The maximum Gasteiger partial charge on any atom is 0.472 e. The minimum absolute atomic E-state index is 0.109. The number of ether oxygens (including phenoxy) is 4. The number of carbonyl (C=O) groups excluding carboxylic acids is 4. The van der Waals surface area contributed by atoms with Crippen molar-refractivity contribution in [2.24, 2.45) is 5.92 Å².